The van der Waals surface area contributed by atoms with E-state index >= 15 is 0 Å². The van der Waals surface area contributed by atoms with Crippen LogP contribution in [0.2, 0.25) is 0 Å². The maximum absolute atomic E-state index is 5.11. The predicted octanol–water partition coefficient (Wildman–Crippen LogP) is 5.69. The molecule has 144 valence electrons. The van der Waals surface area contributed by atoms with Gasteiger partial charge in [-0.1, -0.05) is 78.4 Å². The van der Waals surface area contributed by atoms with Crippen LogP contribution in [0.4, 0.5) is 0 Å². The molecule has 0 bridgehead atoms. The fourth-order valence-electron chi connectivity index (χ4n) is 4.42. The summed E-state index contributed by atoms with van der Waals surface area (Å²) in [6, 6.07) is 25.6. The minimum atomic E-state index is 0.835. The molecule has 4 heteroatoms. The summed E-state index contributed by atoms with van der Waals surface area (Å²) < 4.78 is 2.25. The third-order valence-electron chi connectivity index (χ3n) is 5.94. The van der Waals surface area contributed by atoms with Gasteiger partial charge in [-0.2, -0.15) is 0 Å². The van der Waals surface area contributed by atoms with Gasteiger partial charge in [-0.25, -0.2) is 15.0 Å². The van der Waals surface area contributed by atoms with E-state index in [9.17, 15) is 0 Å². The van der Waals surface area contributed by atoms with E-state index in [1.54, 1.807) is 6.33 Å². The van der Waals surface area contributed by atoms with E-state index in [4.69, 9.17) is 4.98 Å². The molecule has 5 aromatic rings. The molecule has 0 unspecified atom stereocenters. The molecular weight excluding hydrogens is 368 g/mol. The van der Waals surface area contributed by atoms with Crippen LogP contribution in [0, 0.1) is 6.92 Å². The predicted molar refractivity (Wildman–Crippen MR) is 120 cm³/mol. The van der Waals surface area contributed by atoms with E-state index in [-0.39, 0.29) is 0 Å². The standard InChI is InChI=1S/C26H20N4/c1-17-10-12-19(13-11-17)23-24-26(28-16-27-23)30-15-14-18-6-2-3-7-20(18)21-8-4-5-9-22(21)25(30)29-24/h2-13,16H,14-15H2,1H3. The zero-order valence-electron chi connectivity index (χ0n) is 16.7. The molecule has 6 rings (SSSR count). The van der Waals surface area contributed by atoms with Crippen molar-refractivity contribution in [2.75, 3.05) is 0 Å². The Morgan fingerprint density at radius 3 is 2.33 bits per heavy atom. The molecule has 1 aliphatic rings. The van der Waals surface area contributed by atoms with Crippen LogP contribution in [0.1, 0.15) is 11.1 Å². The van der Waals surface area contributed by atoms with Gasteiger partial charge in [0.05, 0.1) is 0 Å². The number of nitrogens with zero attached hydrogens (tertiary/aromatic N) is 4. The Kier molecular flexibility index (Phi) is 3.78. The Morgan fingerprint density at radius 1 is 0.767 bits per heavy atom. The zero-order chi connectivity index (χ0) is 20.1. The molecule has 1 aliphatic heterocycles. The molecule has 30 heavy (non-hydrogen) atoms. The van der Waals surface area contributed by atoms with Crippen LogP contribution in [0.3, 0.4) is 0 Å². The summed E-state index contributed by atoms with van der Waals surface area (Å²) in [6.07, 6.45) is 2.60. The highest BCUT2D eigenvalue weighted by atomic mass is 15.1. The first kappa shape index (κ1) is 17.1. The SMILES string of the molecule is Cc1ccc(-c2ncnc3c2nc2n3CCc3ccccc3-c3ccccc3-2)cc1. The van der Waals surface area contributed by atoms with Crippen molar-refractivity contribution in [1.29, 1.82) is 0 Å². The lowest BCUT2D eigenvalue weighted by Gasteiger charge is -2.19. The highest BCUT2D eigenvalue weighted by molar-refractivity contribution is 5.92. The quantitative estimate of drug-likeness (QED) is 0.370. The summed E-state index contributed by atoms with van der Waals surface area (Å²) in [4.78, 5) is 14.4. The number of aryl methyl sites for hydroxylation is 3. The molecule has 4 nitrogen and oxygen atoms in total. The van der Waals surface area contributed by atoms with Crippen LogP contribution in [0.5, 0.6) is 0 Å². The summed E-state index contributed by atoms with van der Waals surface area (Å²) in [5, 5.41) is 0. The molecular formula is C26H20N4. The van der Waals surface area contributed by atoms with Gasteiger partial charge >= 0.3 is 0 Å². The summed E-state index contributed by atoms with van der Waals surface area (Å²) in [6.45, 7) is 2.93. The van der Waals surface area contributed by atoms with Crippen LogP contribution in [-0.4, -0.2) is 19.5 Å². The fourth-order valence-corrected chi connectivity index (χ4v) is 4.42. The molecule has 0 N–H and O–H groups in total. The molecule has 2 aromatic heterocycles. The van der Waals surface area contributed by atoms with Crippen LogP contribution < -0.4 is 0 Å². The van der Waals surface area contributed by atoms with Crippen molar-refractivity contribution in [3.63, 3.8) is 0 Å². The van der Waals surface area contributed by atoms with Crippen LogP contribution in [0.15, 0.2) is 79.1 Å². The minimum Gasteiger partial charge on any atom is -0.308 e. The van der Waals surface area contributed by atoms with Gasteiger partial charge in [0.1, 0.15) is 23.4 Å². The minimum absolute atomic E-state index is 0.835. The summed E-state index contributed by atoms with van der Waals surface area (Å²) in [5.41, 5.74) is 9.92. The Labute approximate surface area is 174 Å². The average molecular weight is 388 g/mol. The van der Waals surface area contributed by atoms with E-state index in [0.29, 0.717) is 0 Å². The van der Waals surface area contributed by atoms with Crippen molar-refractivity contribution in [3.05, 3.63) is 90.3 Å². The molecule has 0 saturated heterocycles. The number of aromatic nitrogens is 4. The van der Waals surface area contributed by atoms with E-state index in [0.717, 1.165) is 46.8 Å². The smallest absolute Gasteiger partial charge is 0.164 e. The van der Waals surface area contributed by atoms with Crippen molar-refractivity contribution in [3.8, 4) is 33.8 Å². The second kappa shape index (κ2) is 6.63. The molecule has 0 atom stereocenters. The normalized spacial score (nSPS) is 12.6. The summed E-state index contributed by atoms with van der Waals surface area (Å²) in [5.74, 6) is 0.962. The van der Waals surface area contributed by atoms with Gasteiger partial charge in [0.2, 0.25) is 0 Å². The molecule has 0 fully saturated rings. The number of hydrogen-bond acceptors (Lipinski definition) is 3. The largest absolute Gasteiger partial charge is 0.308 e. The van der Waals surface area contributed by atoms with Crippen molar-refractivity contribution >= 4 is 11.2 Å². The first-order valence-electron chi connectivity index (χ1n) is 10.3. The Bertz CT molecular complexity index is 1400. The van der Waals surface area contributed by atoms with Crippen molar-refractivity contribution < 1.29 is 0 Å². The number of hydrogen-bond donors (Lipinski definition) is 0. The molecule has 0 amide bonds. The molecule has 3 aromatic carbocycles. The Hall–Kier alpha value is -3.79. The van der Waals surface area contributed by atoms with E-state index in [2.05, 4.69) is 94.3 Å². The molecule has 0 aliphatic carbocycles. The van der Waals surface area contributed by atoms with Crippen LogP contribution in [0.25, 0.3) is 44.9 Å². The van der Waals surface area contributed by atoms with Crippen molar-refractivity contribution in [2.24, 2.45) is 0 Å². The summed E-state index contributed by atoms with van der Waals surface area (Å²) >= 11 is 0. The summed E-state index contributed by atoms with van der Waals surface area (Å²) in [7, 11) is 0. The molecule has 3 heterocycles. The highest BCUT2D eigenvalue weighted by Gasteiger charge is 2.23. The van der Waals surface area contributed by atoms with Gasteiger partial charge < -0.3 is 4.57 Å². The number of fused-ring (bicyclic) bond motifs is 7. The van der Waals surface area contributed by atoms with E-state index in [1.165, 1.54) is 22.3 Å². The lowest BCUT2D eigenvalue weighted by Crippen LogP contribution is -2.08. The first-order chi connectivity index (χ1) is 14.8. The number of rotatable bonds is 1. The monoisotopic (exact) mass is 388 g/mol. The second-order valence-electron chi connectivity index (χ2n) is 7.80. The van der Waals surface area contributed by atoms with Crippen LogP contribution >= 0.6 is 0 Å². The number of benzene rings is 3. The number of imidazole rings is 1. The molecule has 0 spiro atoms. The van der Waals surface area contributed by atoms with Gasteiger partial charge in [0.25, 0.3) is 0 Å². The van der Waals surface area contributed by atoms with Gasteiger partial charge in [-0.05, 0) is 30.0 Å². The fraction of sp³-hybridized carbons (Fsp3) is 0.115. The van der Waals surface area contributed by atoms with E-state index in [1.807, 2.05) is 0 Å². The maximum Gasteiger partial charge on any atom is 0.164 e. The maximum atomic E-state index is 5.11. The Morgan fingerprint density at radius 2 is 1.50 bits per heavy atom. The Balaban J connectivity index is 1.65. The van der Waals surface area contributed by atoms with Gasteiger partial charge in [0.15, 0.2) is 5.65 Å². The second-order valence-corrected chi connectivity index (χ2v) is 7.80. The third kappa shape index (κ3) is 2.57. The lowest BCUT2D eigenvalue weighted by atomic mass is 9.92. The van der Waals surface area contributed by atoms with Crippen molar-refractivity contribution in [1.82, 2.24) is 19.5 Å². The topological polar surface area (TPSA) is 43.6 Å². The zero-order valence-corrected chi connectivity index (χ0v) is 16.7. The van der Waals surface area contributed by atoms with E-state index < -0.39 is 0 Å². The first-order valence-corrected chi connectivity index (χ1v) is 10.3. The average Bonchev–Trinajstić information content (AvgIpc) is 3.15. The van der Waals surface area contributed by atoms with Gasteiger partial charge in [-0.3, -0.25) is 0 Å². The van der Waals surface area contributed by atoms with Gasteiger partial charge in [-0.15, -0.1) is 0 Å². The lowest BCUT2D eigenvalue weighted by molar-refractivity contribution is 0.715. The molecule has 0 saturated carbocycles. The molecule has 0 radical (unpaired) electrons. The third-order valence-corrected chi connectivity index (χ3v) is 5.94. The van der Waals surface area contributed by atoms with Crippen molar-refractivity contribution in [2.45, 2.75) is 19.9 Å². The highest BCUT2D eigenvalue weighted by Crippen LogP contribution is 2.38. The van der Waals surface area contributed by atoms with Crippen LogP contribution in [-0.2, 0) is 13.0 Å². The van der Waals surface area contributed by atoms with Gasteiger partial charge in [0, 0.05) is 17.7 Å².